The molecule has 1 N–H and O–H groups in total. The van der Waals surface area contributed by atoms with Crippen molar-refractivity contribution in [1.29, 1.82) is 0 Å². The first-order valence-electron chi connectivity index (χ1n) is 6.65. The molecule has 1 aromatic heterocycles. The van der Waals surface area contributed by atoms with Crippen LogP contribution in [0, 0.1) is 5.82 Å². The Kier molecular flexibility index (Phi) is 3.28. The Hall–Kier alpha value is -2.13. The van der Waals surface area contributed by atoms with E-state index in [1.807, 2.05) is 18.3 Å². The molecule has 3 aromatic rings. The molecule has 1 heterocycles. The summed E-state index contributed by atoms with van der Waals surface area (Å²) in [6.45, 7) is 0.879. The van der Waals surface area contributed by atoms with Crippen LogP contribution in [0.3, 0.4) is 0 Å². The predicted octanol–water partition coefficient (Wildman–Crippen LogP) is 4.04. The van der Waals surface area contributed by atoms with Crippen LogP contribution in [0.4, 0.5) is 4.39 Å². The smallest absolute Gasteiger partial charge is 0.125 e. The van der Waals surface area contributed by atoms with Gasteiger partial charge in [-0.05, 0) is 43.4 Å². The topological polar surface area (TPSA) is 19.0 Å². The van der Waals surface area contributed by atoms with Crippen LogP contribution in [0.25, 0.3) is 22.0 Å². The molecule has 3 rings (SSSR count). The van der Waals surface area contributed by atoms with Crippen molar-refractivity contribution < 1.29 is 4.39 Å². The van der Waals surface area contributed by atoms with E-state index < -0.39 is 0 Å². The summed E-state index contributed by atoms with van der Waals surface area (Å²) in [5.74, 6) is -0.215. The molecule has 0 radical (unpaired) electrons. The monoisotopic (exact) mass is 268 g/mol. The number of aromatic nitrogens is 1. The molecule has 2 aromatic carbocycles. The zero-order valence-electron chi connectivity index (χ0n) is 11.7. The molecular formula is C17H17FN2. The summed E-state index contributed by atoms with van der Waals surface area (Å²) in [6, 6.07) is 13.2. The number of rotatable bonds is 3. The predicted molar refractivity (Wildman–Crippen MR) is 81.1 cm³/mol. The first kappa shape index (κ1) is 12.9. The normalized spacial score (nSPS) is 11.4. The molecule has 0 aliphatic rings. The van der Waals surface area contributed by atoms with E-state index in [0.29, 0.717) is 0 Å². The largest absolute Gasteiger partial charge is 0.360 e. The Bertz CT molecular complexity index is 744. The molecule has 0 saturated heterocycles. The van der Waals surface area contributed by atoms with Crippen LogP contribution >= 0.6 is 0 Å². The Morgan fingerprint density at radius 2 is 1.85 bits per heavy atom. The lowest BCUT2D eigenvalue weighted by molar-refractivity contribution is 0.403. The third-order valence-corrected chi connectivity index (χ3v) is 3.44. The Labute approximate surface area is 117 Å². The standard InChI is InChI=1S/C17H17FN2/c1-20(2)11-12-5-3-4-6-14(12)16-10-19-17-9-13(18)7-8-15(16)17/h3-10,19H,11H2,1-2H3. The van der Waals surface area contributed by atoms with Gasteiger partial charge in [0.15, 0.2) is 0 Å². The number of nitrogens with zero attached hydrogens (tertiary/aromatic N) is 1. The molecular weight excluding hydrogens is 251 g/mol. The van der Waals surface area contributed by atoms with Crippen molar-refractivity contribution in [1.82, 2.24) is 9.88 Å². The Morgan fingerprint density at radius 1 is 1.05 bits per heavy atom. The summed E-state index contributed by atoms with van der Waals surface area (Å²) in [4.78, 5) is 5.30. The minimum absolute atomic E-state index is 0.215. The van der Waals surface area contributed by atoms with Gasteiger partial charge in [0.05, 0.1) is 0 Å². The quantitative estimate of drug-likeness (QED) is 0.759. The number of nitrogens with one attached hydrogen (secondary N) is 1. The Balaban J connectivity index is 2.16. The van der Waals surface area contributed by atoms with Gasteiger partial charge < -0.3 is 9.88 Å². The Morgan fingerprint density at radius 3 is 2.65 bits per heavy atom. The maximum atomic E-state index is 13.3. The fraction of sp³-hybridized carbons (Fsp3) is 0.176. The summed E-state index contributed by atoms with van der Waals surface area (Å²) in [5.41, 5.74) is 4.42. The number of hydrogen-bond donors (Lipinski definition) is 1. The second kappa shape index (κ2) is 5.10. The summed E-state index contributed by atoms with van der Waals surface area (Å²) in [6.07, 6.45) is 1.96. The van der Waals surface area contributed by atoms with Crippen LogP contribution in [-0.4, -0.2) is 24.0 Å². The fourth-order valence-electron chi connectivity index (χ4n) is 2.58. The minimum Gasteiger partial charge on any atom is -0.360 e. The third kappa shape index (κ3) is 2.32. The highest BCUT2D eigenvalue weighted by molar-refractivity contribution is 5.96. The van der Waals surface area contributed by atoms with Gasteiger partial charge in [-0.25, -0.2) is 4.39 Å². The van der Waals surface area contributed by atoms with E-state index in [1.54, 1.807) is 0 Å². The van der Waals surface area contributed by atoms with E-state index in [-0.39, 0.29) is 5.82 Å². The van der Waals surface area contributed by atoms with E-state index in [9.17, 15) is 4.39 Å². The molecule has 0 atom stereocenters. The van der Waals surface area contributed by atoms with Gasteiger partial charge >= 0.3 is 0 Å². The number of hydrogen-bond acceptors (Lipinski definition) is 1. The average Bonchev–Trinajstić information content (AvgIpc) is 2.81. The summed E-state index contributed by atoms with van der Waals surface area (Å²) < 4.78 is 13.3. The fourth-order valence-corrected chi connectivity index (χ4v) is 2.58. The second-order valence-corrected chi connectivity index (χ2v) is 5.29. The molecule has 3 heteroatoms. The van der Waals surface area contributed by atoms with Gasteiger partial charge in [-0.3, -0.25) is 0 Å². The molecule has 0 aliphatic carbocycles. The lowest BCUT2D eigenvalue weighted by Crippen LogP contribution is -2.11. The van der Waals surface area contributed by atoms with E-state index in [1.165, 1.54) is 23.3 Å². The minimum atomic E-state index is -0.215. The first-order valence-corrected chi connectivity index (χ1v) is 6.65. The van der Waals surface area contributed by atoms with E-state index >= 15 is 0 Å². The lowest BCUT2D eigenvalue weighted by Gasteiger charge is -2.13. The van der Waals surface area contributed by atoms with Crippen molar-refractivity contribution in [3.05, 3.63) is 60.0 Å². The zero-order valence-corrected chi connectivity index (χ0v) is 11.7. The van der Waals surface area contributed by atoms with Gasteiger partial charge in [0.25, 0.3) is 0 Å². The lowest BCUT2D eigenvalue weighted by atomic mass is 9.99. The highest BCUT2D eigenvalue weighted by Gasteiger charge is 2.10. The van der Waals surface area contributed by atoms with E-state index in [0.717, 1.165) is 23.0 Å². The zero-order chi connectivity index (χ0) is 14.1. The number of benzene rings is 2. The number of H-pyrrole nitrogens is 1. The average molecular weight is 268 g/mol. The molecule has 2 nitrogen and oxygen atoms in total. The van der Waals surface area contributed by atoms with Crippen molar-refractivity contribution in [3.63, 3.8) is 0 Å². The van der Waals surface area contributed by atoms with Gasteiger partial charge in [0, 0.05) is 29.2 Å². The van der Waals surface area contributed by atoms with Crippen molar-refractivity contribution >= 4 is 10.9 Å². The highest BCUT2D eigenvalue weighted by atomic mass is 19.1. The maximum Gasteiger partial charge on any atom is 0.125 e. The van der Waals surface area contributed by atoms with Crippen LogP contribution in [0.5, 0.6) is 0 Å². The van der Waals surface area contributed by atoms with Crippen LogP contribution in [0.15, 0.2) is 48.7 Å². The summed E-state index contributed by atoms with van der Waals surface area (Å²) in [5, 5.41) is 1.05. The van der Waals surface area contributed by atoms with Crippen molar-refractivity contribution in [2.45, 2.75) is 6.54 Å². The second-order valence-electron chi connectivity index (χ2n) is 5.29. The molecule has 0 spiro atoms. The molecule has 102 valence electrons. The van der Waals surface area contributed by atoms with E-state index in [2.05, 4.69) is 42.2 Å². The maximum absolute atomic E-state index is 13.3. The molecule has 0 fully saturated rings. The van der Waals surface area contributed by atoms with Gasteiger partial charge in [0.2, 0.25) is 0 Å². The van der Waals surface area contributed by atoms with Gasteiger partial charge in [0.1, 0.15) is 5.82 Å². The molecule has 0 saturated carbocycles. The van der Waals surface area contributed by atoms with Crippen LogP contribution < -0.4 is 0 Å². The molecule has 0 amide bonds. The highest BCUT2D eigenvalue weighted by Crippen LogP contribution is 2.31. The molecule has 0 aliphatic heterocycles. The number of aromatic amines is 1. The molecule has 0 unspecified atom stereocenters. The van der Waals surface area contributed by atoms with Crippen LogP contribution in [0.1, 0.15) is 5.56 Å². The molecule has 0 bridgehead atoms. The SMILES string of the molecule is CN(C)Cc1ccccc1-c1c[nH]c2cc(F)ccc12. The van der Waals surface area contributed by atoms with Crippen molar-refractivity contribution in [2.24, 2.45) is 0 Å². The van der Waals surface area contributed by atoms with Crippen LogP contribution in [0.2, 0.25) is 0 Å². The number of fused-ring (bicyclic) bond motifs is 1. The summed E-state index contributed by atoms with van der Waals surface area (Å²) in [7, 11) is 4.11. The number of halogens is 1. The van der Waals surface area contributed by atoms with Gasteiger partial charge in [-0.2, -0.15) is 0 Å². The van der Waals surface area contributed by atoms with Crippen molar-refractivity contribution in [3.8, 4) is 11.1 Å². The first-order chi connectivity index (χ1) is 9.65. The van der Waals surface area contributed by atoms with Gasteiger partial charge in [-0.1, -0.05) is 24.3 Å². The molecule has 20 heavy (non-hydrogen) atoms. The van der Waals surface area contributed by atoms with E-state index in [4.69, 9.17) is 0 Å². The summed E-state index contributed by atoms with van der Waals surface area (Å²) >= 11 is 0. The van der Waals surface area contributed by atoms with Gasteiger partial charge in [-0.15, -0.1) is 0 Å². The van der Waals surface area contributed by atoms with Crippen LogP contribution in [-0.2, 0) is 6.54 Å². The third-order valence-electron chi connectivity index (χ3n) is 3.44. The van der Waals surface area contributed by atoms with Crippen molar-refractivity contribution in [2.75, 3.05) is 14.1 Å².